The van der Waals surface area contributed by atoms with Crippen LogP contribution in [0.2, 0.25) is 0 Å². The van der Waals surface area contributed by atoms with Gasteiger partial charge in [0.2, 0.25) is 0 Å². The minimum atomic E-state index is -0.202. The van der Waals surface area contributed by atoms with Crippen molar-refractivity contribution < 1.29 is 14.3 Å². The molecule has 1 heterocycles. The van der Waals surface area contributed by atoms with Gasteiger partial charge in [0.25, 0.3) is 5.91 Å². The third-order valence-corrected chi connectivity index (χ3v) is 6.48. The van der Waals surface area contributed by atoms with Crippen molar-refractivity contribution in [2.45, 2.75) is 44.9 Å². The quantitative estimate of drug-likeness (QED) is 0.474. The number of hydrogen-bond acceptors (Lipinski definition) is 3. The van der Waals surface area contributed by atoms with E-state index < -0.39 is 0 Å². The Morgan fingerprint density at radius 1 is 0.833 bits per heavy atom. The molecule has 0 spiro atoms. The van der Waals surface area contributed by atoms with E-state index in [0.717, 1.165) is 12.0 Å². The SMILES string of the molecule is CC1CN(C(=O)c2ccc(CNC(=O)NCCC(c3ccccc3)c3ccccc3)cc2)CC(C)O1. The van der Waals surface area contributed by atoms with Crippen LogP contribution in [-0.2, 0) is 11.3 Å². The monoisotopic (exact) mass is 485 g/mol. The van der Waals surface area contributed by atoms with Crippen LogP contribution < -0.4 is 10.6 Å². The van der Waals surface area contributed by atoms with Crippen molar-refractivity contribution in [1.29, 1.82) is 0 Å². The molecule has 2 unspecified atom stereocenters. The standard InChI is InChI=1S/C30H35N3O3/c1-22-20-33(21-23(2)36-22)29(34)27-15-13-24(14-16-27)19-32-30(35)31-18-17-28(25-9-5-3-6-10-25)26-11-7-4-8-12-26/h3-16,22-23,28H,17-21H2,1-2H3,(H2,31,32,35). The molecule has 2 N–H and O–H groups in total. The molecule has 1 aliphatic heterocycles. The molecule has 3 amide bonds. The van der Waals surface area contributed by atoms with E-state index >= 15 is 0 Å². The fourth-order valence-electron chi connectivity index (χ4n) is 4.76. The minimum Gasteiger partial charge on any atom is -0.372 e. The predicted molar refractivity (Wildman–Crippen MR) is 142 cm³/mol. The molecule has 0 radical (unpaired) electrons. The summed E-state index contributed by atoms with van der Waals surface area (Å²) < 4.78 is 5.72. The van der Waals surface area contributed by atoms with Gasteiger partial charge < -0.3 is 20.3 Å². The maximum atomic E-state index is 12.8. The number of carbonyl (C=O) groups is 2. The first kappa shape index (κ1) is 25.5. The van der Waals surface area contributed by atoms with Gasteiger partial charge in [-0.25, -0.2) is 4.79 Å². The van der Waals surface area contributed by atoms with Crippen LogP contribution in [0.5, 0.6) is 0 Å². The zero-order chi connectivity index (χ0) is 25.3. The molecule has 188 valence electrons. The first-order valence-corrected chi connectivity index (χ1v) is 12.6. The fraction of sp³-hybridized carbons (Fsp3) is 0.333. The van der Waals surface area contributed by atoms with Gasteiger partial charge in [0.05, 0.1) is 12.2 Å². The third kappa shape index (κ3) is 6.95. The molecule has 4 rings (SSSR count). The Bertz CT molecular complexity index is 1070. The van der Waals surface area contributed by atoms with Crippen LogP contribution in [0.15, 0.2) is 84.9 Å². The zero-order valence-corrected chi connectivity index (χ0v) is 21.0. The van der Waals surface area contributed by atoms with E-state index in [1.54, 1.807) is 0 Å². The lowest BCUT2D eigenvalue weighted by molar-refractivity contribution is -0.0586. The molecule has 36 heavy (non-hydrogen) atoms. The summed E-state index contributed by atoms with van der Waals surface area (Å²) >= 11 is 0. The number of ether oxygens (including phenoxy) is 1. The molecule has 0 aliphatic carbocycles. The van der Waals surface area contributed by atoms with Gasteiger partial charge in [-0.1, -0.05) is 72.8 Å². The molecule has 3 aromatic rings. The van der Waals surface area contributed by atoms with Crippen LogP contribution in [-0.4, -0.2) is 48.7 Å². The fourth-order valence-corrected chi connectivity index (χ4v) is 4.76. The van der Waals surface area contributed by atoms with Crippen molar-refractivity contribution in [3.8, 4) is 0 Å². The average molecular weight is 486 g/mol. The van der Waals surface area contributed by atoms with Crippen molar-refractivity contribution >= 4 is 11.9 Å². The van der Waals surface area contributed by atoms with Crippen molar-refractivity contribution in [2.75, 3.05) is 19.6 Å². The van der Waals surface area contributed by atoms with Crippen LogP contribution in [0.4, 0.5) is 4.79 Å². The summed E-state index contributed by atoms with van der Waals surface area (Å²) in [5.74, 6) is 0.232. The van der Waals surface area contributed by atoms with Crippen LogP contribution in [0, 0.1) is 0 Å². The summed E-state index contributed by atoms with van der Waals surface area (Å²) in [7, 11) is 0. The number of urea groups is 1. The molecule has 1 aliphatic rings. The van der Waals surface area contributed by atoms with Crippen molar-refractivity contribution in [3.63, 3.8) is 0 Å². The summed E-state index contributed by atoms with van der Waals surface area (Å²) in [6.45, 7) is 6.12. The molecule has 3 aromatic carbocycles. The lowest BCUT2D eigenvalue weighted by Gasteiger charge is -2.35. The number of nitrogens with zero attached hydrogens (tertiary/aromatic N) is 1. The van der Waals surface area contributed by atoms with Gasteiger partial charge >= 0.3 is 6.03 Å². The lowest BCUT2D eigenvalue weighted by Crippen LogP contribution is -2.48. The number of hydrogen-bond donors (Lipinski definition) is 2. The summed E-state index contributed by atoms with van der Waals surface area (Å²) in [6, 6.07) is 28.0. The van der Waals surface area contributed by atoms with E-state index in [4.69, 9.17) is 4.74 Å². The highest BCUT2D eigenvalue weighted by Gasteiger charge is 2.26. The Kier molecular flexibility index (Phi) is 8.74. The zero-order valence-electron chi connectivity index (χ0n) is 21.0. The molecule has 0 bridgehead atoms. The predicted octanol–water partition coefficient (Wildman–Crippen LogP) is 4.96. The number of benzene rings is 3. The molecule has 1 saturated heterocycles. The molecule has 1 fully saturated rings. The Hall–Kier alpha value is -3.64. The summed E-state index contributed by atoms with van der Waals surface area (Å²) in [5.41, 5.74) is 4.07. The van der Waals surface area contributed by atoms with Gasteiger partial charge in [-0.3, -0.25) is 4.79 Å². The van der Waals surface area contributed by atoms with Crippen LogP contribution >= 0.6 is 0 Å². The van der Waals surface area contributed by atoms with E-state index in [1.807, 2.05) is 79.4 Å². The molecular formula is C30H35N3O3. The lowest BCUT2D eigenvalue weighted by atomic mass is 9.88. The van der Waals surface area contributed by atoms with Gasteiger partial charge in [-0.15, -0.1) is 0 Å². The van der Waals surface area contributed by atoms with E-state index in [9.17, 15) is 9.59 Å². The Labute approximate surface area is 213 Å². The molecule has 2 atom stereocenters. The van der Waals surface area contributed by atoms with Crippen molar-refractivity contribution in [1.82, 2.24) is 15.5 Å². The normalized spacial score (nSPS) is 17.6. The topological polar surface area (TPSA) is 70.7 Å². The summed E-state index contributed by atoms with van der Waals surface area (Å²) in [4.78, 5) is 27.1. The Balaban J connectivity index is 1.25. The maximum Gasteiger partial charge on any atom is 0.315 e. The van der Waals surface area contributed by atoms with Crippen molar-refractivity contribution in [3.05, 3.63) is 107 Å². The van der Waals surface area contributed by atoms with Gasteiger partial charge in [-0.2, -0.15) is 0 Å². The van der Waals surface area contributed by atoms with Gasteiger partial charge in [-0.05, 0) is 49.1 Å². The second kappa shape index (κ2) is 12.4. The smallest absolute Gasteiger partial charge is 0.315 e. The van der Waals surface area contributed by atoms with Crippen LogP contribution in [0.25, 0.3) is 0 Å². The Morgan fingerprint density at radius 2 is 1.39 bits per heavy atom. The first-order valence-electron chi connectivity index (χ1n) is 12.6. The van der Waals surface area contributed by atoms with Crippen molar-refractivity contribution in [2.24, 2.45) is 0 Å². The third-order valence-electron chi connectivity index (χ3n) is 6.48. The highest BCUT2D eigenvalue weighted by atomic mass is 16.5. The average Bonchev–Trinajstić information content (AvgIpc) is 2.90. The summed E-state index contributed by atoms with van der Waals surface area (Å²) in [6.07, 6.45) is 0.877. The van der Waals surface area contributed by atoms with E-state index in [-0.39, 0.29) is 30.1 Å². The van der Waals surface area contributed by atoms with Gasteiger partial charge in [0, 0.05) is 37.7 Å². The molecule has 6 heteroatoms. The summed E-state index contributed by atoms with van der Waals surface area (Å²) in [5, 5.41) is 5.90. The largest absolute Gasteiger partial charge is 0.372 e. The molecule has 0 saturated carbocycles. The Morgan fingerprint density at radius 3 is 1.94 bits per heavy atom. The molecule has 0 aromatic heterocycles. The highest BCUT2D eigenvalue weighted by molar-refractivity contribution is 5.94. The van der Waals surface area contributed by atoms with Crippen LogP contribution in [0.1, 0.15) is 53.2 Å². The van der Waals surface area contributed by atoms with E-state index in [1.165, 1.54) is 11.1 Å². The number of rotatable bonds is 8. The van der Waals surface area contributed by atoms with Gasteiger partial charge in [0.1, 0.15) is 0 Å². The second-order valence-electron chi connectivity index (χ2n) is 9.44. The second-order valence-corrected chi connectivity index (χ2v) is 9.44. The first-order chi connectivity index (χ1) is 17.5. The maximum absolute atomic E-state index is 12.8. The minimum absolute atomic E-state index is 0.0145. The molecule has 6 nitrogen and oxygen atoms in total. The van der Waals surface area contributed by atoms with Crippen LogP contribution in [0.3, 0.4) is 0 Å². The molecular weight excluding hydrogens is 450 g/mol. The van der Waals surface area contributed by atoms with E-state index in [0.29, 0.717) is 31.7 Å². The highest BCUT2D eigenvalue weighted by Crippen LogP contribution is 2.27. The van der Waals surface area contributed by atoms with Gasteiger partial charge in [0.15, 0.2) is 0 Å². The number of amides is 3. The number of carbonyl (C=O) groups excluding carboxylic acids is 2. The number of nitrogens with one attached hydrogen (secondary N) is 2. The number of morpholine rings is 1. The van der Waals surface area contributed by atoms with E-state index in [2.05, 4.69) is 34.9 Å².